The number of rotatable bonds is 76. The van der Waals surface area contributed by atoms with E-state index in [0.29, 0.717) is 6.42 Å². The highest BCUT2D eigenvalue weighted by atomic mass is 31.2. The van der Waals surface area contributed by atoms with Gasteiger partial charge in [0.15, 0.2) is 6.10 Å². The van der Waals surface area contributed by atoms with Crippen molar-refractivity contribution in [1.82, 2.24) is 0 Å². The van der Waals surface area contributed by atoms with Gasteiger partial charge in [0.05, 0.1) is 13.2 Å². The van der Waals surface area contributed by atoms with Crippen molar-refractivity contribution >= 4 is 19.8 Å². The quantitative estimate of drug-likeness (QED) is 0.0264. The van der Waals surface area contributed by atoms with Crippen molar-refractivity contribution in [2.45, 2.75) is 341 Å². The van der Waals surface area contributed by atoms with E-state index in [1.54, 1.807) is 0 Å². The van der Waals surface area contributed by atoms with Crippen LogP contribution in [0.15, 0.2) is 207 Å². The molecule has 582 valence electrons. The molecule has 3 N–H and O–H groups in total. The molecule has 9 nitrogen and oxygen atoms in total. The van der Waals surface area contributed by atoms with E-state index in [0.717, 1.165) is 161 Å². The van der Waals surface area contributed by atoms with Crippen molar-refractivity contribution in [2.24, 2.45) is 5.73 Å². The number of phosphoric ester groups is 1. The molecule has 0 aromatic rings. The molecule has 0 aromatic heterocycles. The molecule has 2 atom stereocenters. The number of hydrogen-bond acceptors (Lipinski definition) is 8. The first-order valence-corrected chi connectivity index (χ1v) is 43.1. The lowest BCUT2D eigenvalue weighted by Gasteiger charge is -2.19. The summed E-state index contributed by atoms with van der Waals surface area (Å²) in [5.41, 5.74) is 5.42. The Morgan fingerprint density at radius 2 is 0.505 bits per heavy atom. The van der Waals surface area contributed by atoms with Crippen LogP contribution in [0.4, 0.5) is 0 Å². The Labute approximate surface area is 633 Å². The first kappa shape index (κ1) is 97.6. The summed E-state index contributed by atoms with van der Waals surface area (Å²) in [6.45, 7) is 3.51. The van der Waals surface area contributed by atoms with Crippen molar-refractivity contribution < 1.29 is 37.6 Å². The topological polar surface area (TPSA) is 134 Å². The average Bonchev–Trinajstić information content (AvgIpc) is 0.970. The van der Waals surface area contributed by atoms with Gasteiger partial charge in [-0.3, -0.25) is 18.6 Å². The molecular formula is C93H152NO8P. The third-order valence-electron chi connectivity index (χ3n) is 17.2. The molecule has 0 aromatic carbocycles. The first-order valence-electron chi connectivity index (χ1n) is 41.6. The number of carbonyl (C=O) groups excluding carboxylic acids is 2. The molecule has 10 heteroatoms. The number of phosphoric acid groups is 1. The average molecular weight is 1440 g/mol. The van der Waals surface area contributed by atoms with Crippen LogP contribution in [0, 0.1) is 0 Å². The minimum absolute atomic E-state index is 0.0438. The summed E-state index contributed by atoms with van der Waals surface area (Å²) < 4.78 is 33.3. The van der Waals surface area contributed by atoms with Gasteiger partial charge in [0.25, 0.3) is 0 Å². The van der Waals surface area contributed by atoms with Crippen LogP contribution in [0.25, 0.3) is 0 Å². The van der Waals surface area contributed by atoms with Crippen LogP contribution < -0.4 is 5.73 Å². The van der Waals surface area contributed by atoms with Gasteiger partial charge in [-0.2, -0.15) is 0 Å². The zero-order valence-corrected chi connectivity index (χ0v) is 66.6. The van der Waals surface area contributed by atoms with Crippen LogP contribution in [0.2, 0.25) is 0 Å². The molecule has 0 fully saturated rings. The summed E-state index contributed by atoms with van der Waals surface area (Å²) in [6, 6.07) is 0. The van der Waals surface area contributed by atoms with Crippen LogP contribution in [0.3, 0.4) is 0 Å². The van der Waals surface area contributed by atoms with Crippen molar-refractivity contribution in [2.75, 3.05) is 26.4 Å². The SMILES string of the molecule is CC/C=C\C/C=C\C/C=C\C/C=C\C/C=C\C/C=C\C/C=C\C/C=C\C/C=C\C/C=C\C/C=C\CCCCCCCCCC(=O)OC(COC(=O)CCCCCCCCCCCCCCCCCCCCCCCC/C=C\C/C=C\C/C=C\C/C=C\C/C=C\C/C=C\CC)COP(=O)(O)OCCN. The van der Waals surface area contributed by atoms with E-state index in [-0.39, 0.29) is 38.6 Å². The summed E-state index contributed by atoms with van der Waals surface area (Å²) in [5.74, 6) is -0.841. The number of hydrogen-bond donors (Lipinski definition) is 2. The maximum atomic E-state index is 12.8. The number of carbonyl (C=O) groups is 2. The Morgan fingerprint density at radius 3 is 0.748 bits per heavy atom. The van der Waals surface area contributed by atoms with Crippen LogP contribution in [0.1, 0.15) is 335 Å². The lowest BCUT2D eigenvalue weighted by Crippen LogP contribution is -2.29. The zero-order valence-electron chi connectivity index (χ0n) is 65.7. The molecule has 0 rings (SSSR count). The minimum Gasteiger partial charge on any atom is -0.462 e. The normalized spacial score (nSPS) is 13.9. The molecule has 0 saturated carbocycles. The molecule has 103 heavy (non-hydrogen) atoms. The molecule has 2 unspecified atom stereocenters. The van der Waals surface area contributed by atoms with Gasteiger partial charge in [-0.05, 0) is 148 Å². The van der Waals surface area contributed by atoms with E-state index in [2.05, 4.69) is 220 Å². The molecule has 0 aliphatic heterocycles. The number of nitrogens with two attached hydrogens (primary N) is 1. The predicted octanol–water partition coefficient (Wildman–Crippen LogP) is 28.5. The summed E-state index contributed by atoms with van der Waals surface area (Å²) in [5, 5.41) is 0. The van der Waals surface area contributed by atoms with Crippen LogP contribution >= 0.6 is 7.82 Å². The lowest BCUT2D eigenvalue weighted by atomic mass is 10.0. The Balaban J connectivity index is 3.89. The van der Waals surface area contributed by atoms with Crippen LogP contribution in [-0.4, -0.2) is 49.3 Å². The lowest BCUT2D eigenvalue weighted by molar-refractivity contribution is -0.161. The molecule has 0 aliphatic carbocycles. The number of esters is 2. The fourth-order valence-corrected chi connectivity index (χ4v) is 11.9. The van der Waals surface area contributed by atoms with E-state index < -0.39 is 26.5 Å². The summed E-state index contributed by atoms with van der Waals surface area (Å²) in [7, 11) is -4.41. The maximum absolute atomic E-state index is 12.8. The summed E-state index contributed by atoms with van der Waals surface area (Å²) in [4.78, 5) is 35.5. The van der Waals surface area contributed by atoms with E-state index in [9.17, 15) is 19.0 Å². The predicted molar refractivity (Wildman–Crippen MR) is 449 cm³/mol. The van der Waals surface area contributed by atoms with Gasteiger partial charge in [0, 0.05) is 19.4 Å². The third-order valence-corrected chi connectivity index (χ3v) is 18.1. The Kier molecular flexibility index (Phi) is 81.0. The van der Waals surface area contributed by atoms with Gasteiger partial charge in [0.1, 0.15) is 6.61 Å². The highest BCUT2D eigenvalue weighted by Crippen LogP contribution is 2.43. The van der Waals surface area contributed by atoms with E-state index in [4.69, 9.17) is 24.3 Å². The standard InChI is InChI=1S/C93H152NO8P/c1-3-5-7-9-11-13-15-17-19-21-23-25-27-29-31-33-35-37-39-41-43-45-47-49-51-53-55-57-59-61-63-65-67-69-71-73-75-77-79-81-83-85-92(95)99-89-91(90-101-103(97,98)100-88-87-94)102-93(96)86-84-82-80-78-76-74-72-70-68-66-64-62-60-58-56-54-52-50-48-46-44-42-40-38-36-34-32-30-28-26-24-22-20-18-16-14-12-10-8-6-4-2/h5-8,11-14,17-20,23-26,29-32,35-38,42,44,48,50,54,56,60,62,66,68,91H,3-4,9-10,15-16,21-22,27-28,33-34,39-41,43,45-47,49,51-53,55,57-59,61,63-65,67,69-90,94H2,1-2H3,(H,97,98)/b7-5-,8-6-,13-11-,14-12-,19-17-,20-18-,25-23-,26-24-,31-29-,32-30-,37-35-,38-36-,44-42-,50-48-,56-54-,62-60-,68-66-. The van der Waals surface area contributed by atoms with Gasteiger partial charge in [0.2, 0.25) is 0 Å². The number of ether oxygens (including phenoxy) is 2. The third kappa shape index (κ3) is 85.4. The monoisotopic (exact) mass is 1440 g/mol. The summed E-state index contributed by atoms with van der Waals surface area (Å²) >= 11 is 0. The molecule has 0 aliphatic rings. The number of unbranched alkanes of at least 4 members (excludes halogenated alkanes) is 29. The Hall–Kier alpha value is -5.41. The maximum Gasteiger partial charge on any atom is 0.472 e. The van der Waals surface area contributed by atoms with Crippen LogP contribution in [0.5, 0.6) is 0 Å². The second kappa shape index (κ2) is 85.5. The molecule has 0 heterocycles. The molecule has 0 saturated heterocycles. The van der Waals surface area contributed by atoms with Gasteiger partial charge in [-0.25, -0.2) is 4.57 Å². The molecule has 0 radical (unpaired) electrons. The minimum atomic E-state index is -4.41. The van der Waals surface area contributed by atoms with Crippen molar-refractivity contribution in [3.63, 3.8) is 0 Å². The van der Waals surface area contributed by atoms with E-state index in [1.807, 2.05) is 0 Å². The summed E-state index contributed by atoms with van der Waals surface area (Å²) in [6.07, 6.45) is 131. The molecular weight excluding hydrogens is 1290 g/mol. The molecule has 0 bridgehead atoms. The molecule has 0 amide bonds. The zero-order chi connectivity index (χ0) is 74.3. The second-order valence-corrected chi connectivity index (χ2v) is 28.3. The van der Waals surface area contributed by atoms with Crippen molar-refractivity contribution in [1.29, 1.82) is 0 Å². The van der Waals surface area contributed by atoms with E-state index in [1.165, 1.54) is 141 Å². The molecule has 0 spiro atoms. The van der Waals surface area contributed by atoms with Crippen molar-refractivity contribution in [3.05, 3.63) is 207 Å². The fraction of sp³-hybridized carbons (Fsp3) is 0.613. The van der Waals surface area contributed by atoms with Gasteiger partial charge < -0.3 is 20.1 Å². The largest absolute Gasteiger partial charge is 0.472 e. The first-order chi connectivity index (χ1) is 50.8. The van der Waals surface area contributed by atoms with Gasteiger partial charge >= 0.3 is 19.8 Å². The van der Waals surface area contributed by atoms with Gasteiger partial charge in [-0.1, -0.05) is 381 Å². The highest BCUT2D eigenvalue weighted by molar-refractivity contribution is 7.47. The van der Waals surface area contributed by atoms with E-state index >= 15 is 0 Å². The fourth-order valence-electron chi connectivity index (χ4n) is 11.1. The Bertz CT molecular complexity index is 2460. The van der Waals surface area contributed by atoms with Gasteiger partial charge in [-0.15, -0.1) is 0 Å². The Morgan fingerprint density at radius 1 is 0.291 bits per heavy atom. The number of allylic oxidation sites excluding steroid dienone is 34. The second-order valence-electron chi connectivity index (χ2n) is 26.9. The van der Waals surface area contributed by atoms with Crippen LogP contribution in [-0.2, 0) is 32.7 Å². The van der Waals surface area contributed by atoms with Crippen molar-refractivity contribution in [3.8, 4) is 0 Å². The highest BCUT2D eigenvalue weighted by Gasteiger charge is 2.26. The smallest absolute Gasteiger partial charge is 0.462 e.